The van der Waals surface area contributed by atoms with Crippen LogP contribution in [0.4, 0.5) is 5.69 Å². The zero-order valence-electron chi connectivity index (χ0n) is 7.88. The molecule has 1 aliphatic rings. The summed E-state index contributed by atoms with van der Waals surface area (Å²) >= 11 is 0. The van der Waals surface area contributed by atoms with E-state index >= 15 is 0 Å². The van der Waals surface area contributed by atoms with Crippen molar-refractivity contribution < 1.29 is 0 Å². The maximum atomic E-state index is 7.22. The highest BCUT2D eigenvalue weighted by Crippen LogP contribution is 2.45. The highest BCUT2D eigenvalue weighted by molar-refractivity contribution is 5.76. The molecule has 4 heteroatoms. The number of nitrogens with one attached hydrogen (secondary N) is 2. The van der Waals surface area contributed by atoms with Crippen molar-refractivity contribution in [2.45, 2.75) is 18.4 Å². The van der Waals surface area contributed by atoms with E-state index in [0.717, 1.165) is 24.1 Å². The molecule has 0 aliphatic heterocycles. The summed E-state index contributed by atoms with van der Waals surface area (Å²) in [5.41, 5.74) is 12.8. The first-order valence-corrected chi connectivity index (χ1v) is 4.61. The predicted molar refractivity (Wildman–Crippen MR) is 56.8 cm³/mol. The molecule has 6 N–H and O–H groups in total. The quantitative estimate of drug-likeness (QED) is 0.315. The lowest BCUT2D eigenvalue weighted by molar-refractivity contribution is 0.638. The average Bonchev–Trinajstić information content (AvgIpc) is 2.85. The molecule has 0 radical (unpaired) electrons. The number of hydrogen-bond acceptors (Lipinski definition) is 2. The Morgan fingerprint density at radius 2 is 1.86 bits per heavy atom. The van der Waals surface area contributed by atoms with Crippen LogP contribution in [0.1, 0.15) is 18.4 Å². The van der Waals surface area contributed by atoms with Crippen LogP contribution in [0, 0.1) is 5.41 Å². The number of rotatable bonds is 2. The first-order valence-electron chi connectivity index (χ1n) is 4.61. The standard InChI is InChI=1S/C10H14N4/c11-8-3-1-7(2-4-8)10(5-6-10)14-9(12)13/h1-4H,5-6,11H2,(H4,12,13,14). The molecule has 1 fully saturated rings. The second kappa shape index (κ2) is 2.90. The Morgan fingerprint density at radius 3 is 2.29 bits per heavy atom. The van der Waals surface area contributed by atoms with Crippen molar-refractivity contribution >= 4 is 11.6 Å². The van der Waals surface area contributed by atoms with Gasteiger partial charge in [0.2, 0.25) is 0 Å². The molecule has 0 heterocycles. The molecule has 0 unspecified atom stereocenters. The topological polar surface area (TPSA) is 87.9 Å². The first kappa shape index (κ1) is 8.87. The van der Waals surface area contributed by atoms with Gasteiger partial charge in [-0.25, -0.2) is 0 Å². The molecular formula is C10H14N4. The molecule has 0 spiro atoms. The van der Waals surface area contributed by atoms with Crippen molar-refractivity contribution in [1.29, 1.82) is 5.41 Å². The van der Waals surface area contributed by atoms with E-state index in [-0.39, 0.29) is 11.5 Å². The van der Waals surface area contributed by atoms with Crippen molar-refractivity contribution in [3.05, 3.63) is 29.8 Å². The lowest BCUT2D eigenvalue weighted by Gasteiger charge is -2.17. The van der Waals surface area contributed by atoms with E-state index in [0.29, 0.717) is 0 Å². The van der Waals surface area contributed by atoms with E-state index in [2.05, 4.69) is 5.32 Å². The van der Waals surface area contributed by atoms with Gasteiger partial charge in [0.15, 0.2) is 5.96 Å². The lowest BCUT2D eigenvalue weighted by atomic mass is 10.0. The van der Waals surface area contributed by atoms with E-state index in [1.807, 2.05) is 24.3 Å². The van der Waals surface area contributed by atoms with Crippen LogP contribution < -0.4 is 16.8 Å². The summed E-state index contributed by atoms with van der Waals surface area (Å²) in [6, 6.07) is 7.71. The molecule has 14 heavy (non-hydrogen) atoms. The maximum Gasteiger partial charge on any atom is 0.186 e. The van der Waals surface area contributed by atoms with Crippen molar-refractivity contribution in [2.24, 2.45) is 5.73 Å². The number of guanidine groups is 1. The molecule has 1 aromatic rings. The SMILES string of the molecule is N=C(N)NC1(c2ccc(N)cc2)CC1. The fourth-order valence-corrected chi connectivity index (χ4v) is 1.67. The smallest absolute Gasteiger partial charge is 0.186 e. The summed E-state index contributed by atoms with van der Waals surface area (Å²) in [7, 11) is 0. The van der Waals surface area contributed by atoms with Crippen LogP contribution in [0.15, 0.2) is 24.3 Å². The van der Waals surface area contributed by atoms with Crippen LogP contribution >= 0.6 is 0 Å². The minimum absolute atomic E-state index is 0.0272. The Labute approximate surface area is 82.8 Å². The van der Waals surface area contributed by atoms with Gasteiger partial charge in [0, 0.05) is 5.69 Å². The normalized spacial score (nSPS) is 17.4. The van der Waals surface area contributed by atoms with E-state index in [4.69, 9.17) is 16.9 Å². The van der Waals surface area contributed by atoms with E-state index < -0.39 is 0 Å². The van der Waals surface area contributed by atoms with Gasteiger partial charge in [-0.2, -0.15) is 0 Å². The highest BCUT2D eigenvalue weighted by Gasteiger charge is 2.44. The van der Waals surface area contributed by atoms with Crippen molar-refractivity contribution in [2.75, 3.05) is 5.73 Å². The maximum absolute atomic E-state index is 7.22. The van der Waals surface area contributed by atoms with Crippen molar-refractivity contribution in [3.63, 3.8) is 0 Å². The van der Waals surface area contributed by atoms with Gasteiger partial charge in [0.1, 0.15) is 0 Å². The summed E-state index contributed by atoms with van der Waals surface area (Å²) < 4.78 is 0. The van der Waals surface area contributed by atoms with Crippen LogP contribution in [-0.4, -0.2) is 5.96 Å². The van der Waals surface area contributed by atoms with Crippen LogP contribution in [0.5, 0.6) is 0 Å². The molecule has 4 nitrogen and oxygen atoms in total. The van der Waals surface area contributed by atoms with Gasteiger partial charge in [0.05, 0.1) is 5.54 Å². The molecule has 0 saturated heterocycles. The summed E-state index contributed by atoms with van der Waals surface area (Å²) in [4.78, 5) is 0. The molecule has 74 valence electrons. The van der Waals surface area contributed by atoms with E-state index in [9.17, 15) is 0 Å². The van der Waals surface area contributed by atoms with Gasteiger partial charge in [-0.1, -0.05) is 12.1 Å². The summed E-state index contributed by atoms with van der Waals surface area (Å²) in [5.74, 6) is 0.0272. The van der Waals surface area contributed by atoms with E-state index in [1.54, 1.807) is 0 Å². The zero-order chi connectivity index (χ0) is 10.2. The number of hydrogen-bond donors (Lipinski definition) is 4. The van der Waals surface area contributed by atoms with Gasteiger partial charge in [-0.05, 0) is 30.5 Å². The van der Waals surface area contributed by atoms with Gasteiger partial charge >= 0.3 is 0 Å². The molecule has 0 atom stereocenters. The first-order chi connectivity index (χ1) is 6.62. The summed E-state index contributed by atoms with van der Waals surface area (Å²) in [5, 5.41) is 10.2. The Hall–Kier alpha value is -1.71. The molecule has 1 saturated carbocycles. The van der Waals surface area contributed by atoms with Gasteiger partial charge < -0.3 is 16.8 Å². The highest BCUT2D eigenvalue weighted by atomic mass is 15.1. The minimum atomic E-state index is -0.0977. The fourth-order valence-electron chi connectivity index (χ4n) is 1.67. The molecule has 0 amide bonds. The monoisotopic (exact) mass is 190 g/mol. The Bertz CT molecular complexity index is 351. The van der Waals surface area contributed by atoms with Crippen LogP contribution in [0.3, 0.4) is 0 Å². The molecule has 0 bridgehead atoms. The minimum Gasteiger partial charge on any atom is -0.399 e. The van der Waals surface area contributed by atoms with Crippen molar-refractivity contribution in [1.82, 2.24) is 5.32 Å². The predicted octanol–water partition coefficient (Wildman–Crippen LogP) is 0.741. The number of benzene rings is 1. The fraction of sp³-hybridized carbons (Fsp3) is 0.300. The second-order valence-corrected chi connectivity index (χ2v) is 3.74. The zero-order valence-corrected chi connectivity index (χ0v) is 7.88. The molecule has 1 aliphatic carbocycles. The molecule has 0 aromatic heterocycles. The number of nitrogens with two attached hydrogens (primary N) is 2. The number of nitrogen functional groups attached to an aromatic ring is 1. The van der Waals surface area contributed by atoms with Gasteiger partial charge in [-0.3, -0.25) is 5.41 Å². The third kappa shape index (κ3) is 1.51. The van der Waals surface area contributed by atoms with Crippen molar-refractivity contribution in [3.8, 4) is 0 Å². The van der Waals surface area contributed by atoms with Crippen LogP contribution in [0.2, 0.25) is 0 Å². The number of anilines is 1. The largest absolute Gasteiger partial charge is 0.399 e. The third-order valence-corrected chi connectivity index (χ3v) is 2.59. The van der Waals surface area contributed by atoms with Crippen LogP contribution in [-0.2, 0) is 5.54 Å². The Morgan fingerprint density at radius 1 is 1.29 bits per heavy atom. The van der Waals surface area contributed by atoms with Gasteiger partial charge in [0.25, 0.3) is 0 Å². The third-order valence-electron chi connectivity index (χ3n) is 2.59. The van der Waals surface area contributed by atoms with Gasteiger partial charge in [-0.15, -0.1) is 0 Å². The Kier molecular flexibility index (Phi) is 1.84. The van der Waals surface area contributed by atoms with E-state index in [1.165, 1.54) is 0 Å². The summed E-state index contributed by atoms with van der Waals surface area (Å²) in [6.07, 6.45) is 2.05. The lowest BCUT2D eigenvalue weighted by Crippen LogP contribution is -2.39. The average molecular weight is 190 g/mol. The Balaban J connectivity index is 2.22. The second-order valence-electron chi connectivity index (χ2n) is 3.74. The van der Waals surface area contributed by atoms with Crippen LogP contribution in [0.25, 0.3) is 0 Å². The summed E-state index contributed by atoms with van der Waals surface area (Å²) in [6.45, 7) is 0. The molecule has 1 aromatic carbocycles. The molecule has 2 rings (SSSR count). The molecular weight excluding hydrogens is 176 g/mol.